The first-order valence-electron chi connectivity index (χ1n) is 7.24. The molecule has 19 heavy (non-hydrogen) atoms. The summed E-state index contributed by atoms with van der Waals surface area (Å²) in [6.07, 6.45) is 8.81. The summed E-state index contributed by atoms with van der Waals surface area (Å²) in [6.45, 7) is 2.39. The van der Waals surface area contributed by atoms with Gasteiger partial charge in [0.1, 0.15) is 6.10 Å². The molecule has 5 heteroatoms. The molecule has 0 saturated carbocycles. The summed E-state index contributed by atoms with van der Waals surface area (Å²) in [5.74, 6) is 0.189. The molecule has 0 aromatic carbocycles. The maximum atomic E-state index is 12.5. The first-order chi connectivity index (χ1) is 9.34. The van der Waals surface area contributed by atoms with E-state index in [0.717, 1.165) is 45.4 Å². The summed E-state index contributed by atoms with van der Waals surface area (Å²) in [6, 6.07) is 2.19. The van der Waals surface area contributed by atoms with E-state index >= 15 is 0 Å². The lowest BCUT2D eigenvalue weighted by atomic mass is 10.0. The van der Waals surface area contributed by atoms with E-state index in [4.69, 9.17) is 4.74 Å². The van der Waals surface area contributed by atoms with Crippen LogP contribution in [-0.4, -0.2) is 45.9 Å². The molecule has 3 rings (SSSR count). The van der Waals surface area contributed by atoms with Gasteiger partial charge in [-0.25, -0.2) is 0 Å². The first-order valence-corrected chi connectivity index (χ1v) is 7.24. The molecular formula is C14H21N3O2. The highest BCUT2D eigenvalue weighted by Crippen LogP contribution is 2.23. The van der Waals surface area contributed by atoms with Crippen LogP contribution in [0.3, 0.4) is 0 Å². The normalized spacial score (nSPS) is 27.7. The number of carbonyl (C=O) groups excluding carboxylic acids is 1. The molecule has 2 unspecified atom stereocenters. The van der Waals surface area contributed by atoms with Crippen LogP contribution in [0.5, 0.6) is 0 Å². The van der Waals surface area contributed by atoms with E-state index in [1.165, 1.54) is 6.42 Å². The highest BCUT2D eigenvalue weighted by Gasteiger charge is 2.33. The number of rotatable bonds is 3. The van der Waals surface area contributed by atoms with Crippen molar-refractivity contribution in [3.8, 4) is 0 Å². The van der Waals surface area contributed by atoms with Gasteiger partial charge >= 0.3 is 0 Å². The van der Waals surface area contributed by atoms with Gasteiger partial charge in [0.15, 0.2) is 0 Å². The summed E-state index contributed by atoms with van der Waals surface area (Å²) in [5.41, 5.74) is 0. The third-order valence-corrected chi connectivity index (χ3v) is 4.07. The van der Waals surface area contributed by atoms with Crippen LogP contribution in [0.25, 0.3) is 0 Å². The summed E-state index contributed by atoms with van der Waals surface area (Å²) >= 11 is 0. The van der Waals surface area contributed by atoms with Crippen molar-refractivity contribution in [2.75, 3.05) is 13.2 Å². The number of piperidine rings is 1. The lowest BCUT2D eigenvalue weighted by Crippen LogP contribution is -2.49. The second-order valence-electron chi connectivity index (χ2n) is 5.41. The Balaban J connectivity index is 1.67. The zero-order valence-corrected chi connectivity index (χ0v) is 11.2. The standard InChI is InChI=1S/C14H21N3O2/c18-14(13-6-3-10-19-13)17-9-2-1-5-12(17)11-16-8-4-7-15-16/h4,7-8,12-13H,1-3,5-6,9-11H2. The van der Waals surface area contributed by atoms with Crippen molar-refractivity contribution in [3.63, 3.8) is 0 Å². The Morgan fingerprint density at radius 3 is 3.00 bits per heavy atom. The van der Waals surface area contributed by atoms with Crippen LogP contribution in [0.15, 0.2) is 18.5 Å². The van der Waals surface area contributed by atoms with E-state index in [0.29, 0.717) is 0 Å². The molecule has 104 valence electrons. The number of ether oxygens (including phenoxy) is 1. The third-order valence-electron chi connectivity index (χ3n) is 4.07. The Labute approximate surface area is 113 Å². The molecule has 1 amide bonds. The maximum absolute atomic E-state index is 12.5. The predicted molar refractivity (Wildman–Crippen MR) is 70.6 cm³/mol. The van der Waals surface area contributed by atoms with Gasteiger partial charge in [0.25, 0.3) is 5.91 Å². The van der Waals surface area contributed by atoms with Gasteiger partial charge in [-0.2, -0.15) is 5.10 Å². The zero-order chi connectivity index (χ0) is 13.1. The minimum atomic E-state index is -0.196. The minimum absolute atomic E-state index is 0.189. The number of carbonyl (C=O) groups is 1. The molecule has 0 spiro atoms. The van der Waals surface area contributed by atoms with Crippen LogP contribution in [0, 0.1) is 0 Å². The number of amides is 1. The molecule has 0 aliphatic carbocycles. The van der Waals surface area contributed by atoms with Gasteiger partial charge in [0.2, 0.25) is 0 Å². The largest absolute Gasteiger partial charge is 0.368 e. The molecule has 2 atom stereocenters. The van der Waals surface area contributed by atoms with Gasteiger partial charge in [0.05, 0.1) is 12.6 Å². The molecule has 1 aromatic rings. The average Bonchev–Trinajstić information content (AvgIpc) is 3.11. The summed E-state index contributed by atoms with van der Waals surface area (Å²) in [4.78, 5) is 14.5. The van der Waals surface area contributed by atoms with Gasteiger partial charge in [0, 0.05) is 25.5 Å². The van der Waals surface area contributed by atoms with Crippen LogP contribution in [0.4, 0.5) is 0 Å². The topological polar surface area (TPSA) is 47.4 Å². The Morgan fingerprint density at radius 2 is 2.26 bits per heavy atom. The minimum Gasteiger partial charge on any atom is -0.368 e. The fourth-order valence-corrected chi connectivity index (χ4v) is 3.06. The van der Waals surface area contributed by atoms with Crippen molar-refractivity contribution < 1.29 is 9.53 Å². The Bertz CT molecular complexity index is 412. The lowest BCUT2D eigenvalue weighted by molar-refractivity contribution is -0.145. The molecule has 0 N–H and O–H groups in total. The first kappa shape index (κ1) is 12.7. The summed E-state index contributed by atoms with van der Waals surface area (Å²) in [7, 11) is 0. The number of aromatic nitrogens is 2. The fraction of sp³-hybridized carbons (Fsp3) is 0.714. The number of likely N-dealkylation sites (tertiary alicyclic amines) is 1. The molecule has 2 aliphatic heterocycles. The van der Waals surface area contributed by atoms with Crippen molar-refractivity contribution in [2.24, 2.45) is 0 Å². The van der Waals surface area contributed by atoms with E-state index in [1.807, 2.05) is 21.8 Å². The van der Waals surface area contributed by atoms with Crippen molar-refractivity contribution in [2.45, 2.75) is 50.8 Å². The molecular weight excluding hydrogens is 242 g/mol. The van der Waals surface area contributed by atoms with Crippen molar-refractivity contribution in [1.29, 1.82) is 0 Å². The van der Waals surface area contributed by atoms with E-state index in [1.54, 1.807) is 6.20 Å². The highest BCUT2D eigenvalue weighted by atomic mass is 16.5. The summed E-state index contributed by atoms with van der Waals surface area (Å²) < 4.78 is 7.46. The van der Waals surface area contributed by atoms with Gasteiger partial charge in [-0.05, 0) is 38.2 Å². The highest BCUT2D eigenvalue weighted by molar-refractivity contribution is 5.81. The van der Waals surface area contributed by atoms with E-state index in [-0.39, 0.29) is 18.1 Å². The third kappa shape index (κ3) is 2.81. The molecule has 0 bridgehead atoms. The monoisotopic (exact) mass is 263 g/mol. The lowest BCUT2D eigenvalue weighted by Gasteiger charge is -2.37. The smallest absolute Gasteiger partial charge is 0.252 e. The SMILES string of the molecule is O=C(C1CCCO1)N1CCCCC1Cn1cccn1. The Kier molecular flexibility index (Phi) is 3.82. The maximum Gasteiger partial charge on any atom is 0.252 e. The molecule has 2 saturated heterocycles. The van der Waals surface area contributed by atoms with Gasteiger partial charge in [-0.3, -0.25) is 9.48 Å². The van der Waals surface area contributed by atoms with Gasteiger partial charge in [-0.1, -0.05) is 0 Å². The second kappa shape index (κ2) is 5.74. The van der Waals surface area contributed by atoms with Crippen LogP contribution in [0.2, 0.25) is 0 Å². The molecule has 5 nitrogen and oxygen atoms in total. The molecule has 2 fully saturated rings. The Hall–Kier alpha value is -1.36. The van der Waals surface area contributed by atoms with Crippen LogP contribution in [-0.2, 0) is 16.1 Å². The molecule has 3 heterocycles. The van der Waals surface area contributed by atoms with Gasteiger partial charge in [-0.15, -0.1) is 0 Å². The van der Waals surface area contributed by atoms with Crippen molar-refractivity contribution >= 4 is 5.91 Å². The Morgan fingerprint density at radius 1 is 1.32 bits per heavy atom. The number of hydrogen-bond acceptors (Lipinski definition) is 3. The molecule has 0 radical (unpaired) electrons. The number of nitrogens with zero attached hydrogens (tertiary/aromatic N) is 3. The summed E-state index contributed by atoms with van der Waals surface area (Å²) in [5, 5.41) is 4.25. The van der Waals surface area contributed by atoms with Crippen molar-refractivity contribution in [3.05, 3.63) is 18.5 Å². The van der Waals surface area contributed by atoms with Crippen LogP contribution >= 0.6 is 0 Å². The quantitative estimate of drug-likeness (QED) is 0.829. The molecule has 1 aromatic heterocycles. The number of hydrogen-bond donors (Lipinski definition) is 0. The van der Waals surface area contributed by atoms with E-state index in [2.05, 4.69) is 5.10 Å². The van der Waals surface area contributed by atoms with E-state index in [9.17, 15) is 4.79 Å². The molecule has 2 aliphatic rings. The fourth-order valence-electron chi connectivity index (χ4n) is 3.06. The van der Waals surface area contributed by atoms with Crippen molar-refractivity contribution in [1.82, 2.24) is 14.7 Å². The van der Waals surface area contributed by atoms with Gasteiger partial charge < -0.3 is 9.64 Å². The van der Waals surface area contributed by atoms with E-state index < -0.39 is 0 Å². The van der Waals surface area contributed by atoms with Crippen LogP contribution in [0.1, 0.15) is 32.1 Å². The predicted octanol–water partition coefficient (Wildman–Crippen LogP) is 1.44. The zero-order valence-electron chi connectivity index (χ0n) is 11.2. The second-order valence-corrected chi connectivity index (χ2v) is 5.41. The average molecular weight is 263 g/mol. The van der Waals surface area contributed by atoms with Crippen LogP contribution < -0.4 is 0 Å².